The summed E-state index contributed by atoms with van der Waals surface area (Å²) < 4.78 is 4.94. The molecule has 0 atom stereocenters. The van der Waals surface area contributed by atoms with Crippen molar-refractivity contribution in [1.82, 2.24) is 5.16 Å². The predicted molar refractivity (Wildman–Crippen MR) is 72.6 cm³/mol. The summed E-state index contributed by atoms with van der Waals surface area (Å²) in [7, 11) is 0. The van der Waals surface area contributed by atoms with Gasteiger partial charge in [-0.25, -0.2) is 0 Å². The normalized spacial score (nSPS) is 14.4. The molecule has 1 aliphatic heterocycles. The number of rotatable bonds is 1. The molecule has 0 saturated carbocycles. The van der Waals surface area contributed by atoms with Gasteiger partial charge in [-0.05, 0) is 19.1 Å². The number of hydrogen-bond acceptors (Lipinski definition) is 4. The summed E-state index contributed by atoms with van der Waals surface area (Å²) in [5.41, 5.74) is 1.54. The topological polar surface area (TPSA) is 75.4 Å². The van der Waals surface area contributed by atoms with E-state index in [0.29, 0.717) is 23.7 Å². The molecule has 0 bridgehead atoms. The van der Waals surface area contributed by atoms with Crippen molar-refractivity contribution in [3.8, 4) is 0 Å². The van der Waals surface area contributed by atoms with Gasteiger partial charge >= 0.3 is 0 Å². The molecule has 0 saturated heterocycles. The second-order valence-electron chi connectivity index (χ2n) is 4.59. The first-order valence-corrected chi connectivity index (χ1v) is 6.29. The Hall–Kier alpha value is -2.63. The largest absolute Gasteiger partial charge is 0.361 e. The molecule has 1 aromatic heterocycles. The Balaban J connectivity index is 2.01. The van der Waals surface area contributed by atoms with E-state index < -0.39 is 0 Å². The van der Waals surface area contributed by atoms with Gasteiger partial charge in [0.05, 0.1) is 11.4 Å². The van der Waals surface area contributed by atoms with Crippen molar-refractivity contribution in [2.75, 3.05) is 16.8 Å². The van der Waals surface area contributed by atoms with Gasteiger partial charge in [-0.1, -0.05) is 17.3 Å². The van der Waals surface area contributed by atoms with Crippen LogP contribution >= 0.6 is 0 Å². The van der Waals surface area contributed by atoms with Crippen LogP contribution in [0.5, 0.6) is 0 Å². The smallest absolute Gasteiger partial charge is 0.280 e. The molecule has 1 aliphatic rings. The molecular weight excluding hydrogens is 258 g/mol. The number of anilines is 2. The highest BCUT2D eigenvalue weighted by molar-refractivity contribution is 6.09. The monoisotopic (exact) mass is 271 g/mol. The number of fused-ring (bicyclic) bond motifs is 1. The summed E-state index contributed by atoms with van der Waals surface area (Å²) in [6.45, 7) is 2.04. The van der Waals surface area contributed by atoms with Crippen molar-refractivity contribution in [2.45, 2.75) is 13.3 Å². The Morgan fingerprint density at radius 2 is 2.20 bits per heavy atom. The molecule has 6 nitrogen and oxygen atoms in total. The van der Waals surface area contributed by atoms with E-state index in [2.05, 4.69) is 10.5 Å². The summed E-state index contributed by atoms with van der Waals surface area (Å²) in [5.74, 6) is 0.195. The molecule has 1 N–H and O–H groups in total. The van der Waals surface area contributed by atoms with Crippen molar-refractivity contribution in [3.05, 3.63) is 41.8 Å². The zero-order valence-electron chi connectivity index (χ0n) is 10.9. The molecule has 0 aliphatic carbocycles. The minimum Gasteiger partial charge on any atom is -0.361 e. The van der Waals surface area contributed by atoms with Gasteiger partial charge in [0, 0.05) is 19.0 Å². The molecular formula is C14H13N3O3. The van der Waals surface area contributed by atoms with E-state index in [4.69, 9.17) is 4.52 Å². The summed E-state index contributed by atoms with van der Waals surface area (Å²) >= 11 is 0. The zero-order valence-corrected chi connectivity index (χ0v) is 10.9. The standard InChI is InChI=1S/C14H13N3O3/c1-9-8-11(16-20-9)14(19)17-7-6-13(18)15-10-4-2-3-5-12(10)17/h2-5,8H,6-7H2,1H3,(H,15,18). The summed E-state index contributed by atoms with van der Waals surface area (Å²) in [4.78, 5) is 25.7. The first kappa shape index (κ1) is 12.4. The molecule has 2 amide bonds. The Labute approximate surface area is 115 Å². The molecule has 0 radical (unpaired) electrons. The number of carbonyl (C=O) groups excluding carboxylic acids is 2. The van der Waals surface area contributed by atoms with E-state index in [1.165, 1.54) is 0 Å². The highest BCUT2D eigenvalue weighted by Crippen LogP contribution is 2.29. The van der Waals surface area contributed by atoms with Crippen molar-refractivity contribution in [1.29, 1.82) is 0 Å². The minimum atomic E-state index is -0.272. The van der Waals surface area contributed by atoms with Gasteiger partial charge in [0.25, 0.3) is 5.91 Å². The van der Waals surface area contributed by atoms with Gasteiger partial charge in [-0.2, -0.15) is 0 Å². The van der Waals surface area contributed by atoms with Crippen LogP contribution in [-0.4, -0.2) is 23.5 Å². The van der Waals surface area contributed by atoms with Crippen LogP contribution < -0.4 is 10.2 Å². The lowest BCUT2D eigenvalue weighted by Crippen LogP contribution is -2.32. The van der Waals surface area contributed by atoms with E-state index >= 15 is 0 Å². The molecule has 1 aromatic carbocycles. The van der Waals surface area contributed by atoms with E-state index in [1.54, 1.807) is 30.0 Å². The average Bonchev–Trinajstić information content (AvgIpc) is 2.79. The first-order valence-electron chi connectivity index (χ1n) is 6.29. The number of aryl methyl sites for hydroxylation is 1. The van der Waals surface area contributed by atoms with Crippen LogP contribution in [0, 0.1) is 6.92 Å². The fourth-order valence-electron chi connectivity index (χ4n) is 2.18. The molecule has 2 aromatic rings. The molecule has 3 rings (SSSR count). The van der Waals surface area contributed by atoms with E-state index in [1.807, 2.05) is 12.1 Å². The van der Waals surface area contributed by atoms with Crippen LogP contribution in [0.25, 0.3) is 0 Å². The number of amides is 2. The van der Waals surface area contributed by atoms with Gasteiger partial charge in [0.2, 0.25) is 5.91 Å². The number of nitrogens with one attached hydrogen (secondary N) is 1. The summed E-state index contributed by atoms with van der Waals surface area (Å²) in [5, 5.41) is 6.53. The maximum absolute atomic E-state index is 12.5. The maximum atomic E-state index is 12.5. The lowest BCUT2D eigenvalue weighted by molar-refractivity contribution is -0.115. The SMILES string of the molecule is Cc1cc(C(=O)N2CCC(=O)Nc3ccccc32)no1. The number of nitrogens with zero attached hydrogens (tertiary/aromatic N) is 2. The van der Waals surface area contributed by atoms with Gasteiger partial charge in [0.1, 0.15) is 5.76 Å². The molecule has 0 fully saturated rings. The molecule has 0 spiro atoms. The fourth-order valence-corrected chi connectivity index (χ4v) is 2.18. The Kier molecular flexibility index (Phi) is 2.98. The number of benzene rings is 1. The van der Waals surface area contributed by atoms with Gasteiger partial charge in [0.15, 0.2) is 5.69 Å². The Morgan fingerprint density at radius 1 is 1.40 bits per heavy atom. The van der Waals surface area contributed by atoms with E-state index in [0.717, 1.165) is 0 Å². The van der Waals surface area contributed by atoms with Crippen LogP contribution in [0.15, 0.2) is 34.9 Å². The van der Waals surface area contributed by atoms with Crippen LogP contribution in [0.2, 0.25) is 0 Å². The van der Waals surface area contributed by atoms with Crippen molar-refractivity contribution in [3.63, 3.8) is 0 Å². The maximum Gasteiger partial charge on any atom is 0.280 e. The average molecular weight is 271 g/mol. The quantitative estimate of drug-likeness (QED) is 0.860. The Morgan fingerprint density at radius 3 is 2.95 bits per heavy atom. The van der Waals surface area contributed by atoms with Gasteiger partial charge in [-0.3, -0.25) is 9.59 Å². The molecule has 0 unspecified atom stereocenters. The van der Waals surface area contributed by atoms with Crippen LogP contribution in [-0.2, 0) is 4.79 Å². The van der Waals surface area contributed by atoms with Gasteiger partial charge < -0.3 is 14.7 Å². The minimum absolute atomic E-state index is 0.107. The lowest BCUT2D eigenvalue weighted by Gasteiger charge is -2.20. The van der Waals surface area contributed by atoms with E-state index in [9.17, 15) is 9.59 Å². The van der Waals surface area contributed by atoms with Crippen molar-refractivity contribution < 1.29 is 14.1 Å². The summed E-state index contributed by atoms with van der Waals surface area (Å²) in [6.07, 6.45) is 0.247. The van der Waals surface area contributed by atoms with Crippen molar-refractivity contribution >= 4 is 23.2 Å². The first-order chi connectivity index (χ1) is 9.65. The third-order valence-electron chi connectivity index (χ3n) is 3.12. The third-order valence-corrected chi connectivity index (χ3v) is 3.12. The highest BCUT2D eigenvalue weighted by atomic mass is 16.5. The predicted octanol–water partition coefficient (Wildman–Crippen LogP) is 1.97. The molecule has 2 heterocycles. The summed E-state index contributed by atoms with van der Waals surface area (Å²) in [6, 6.07) is 8.79. The Bertz CT molecular complexity index is 678. The zero-order chi connectivity index (χ0) is 14.1. The number of hydrogen-bond donors (Lipinski definition) is 1. The van der Waals surface area contributed by atoms with Gasteiger partial charge in [-0.15, -0.1) is 0 Å². The molecule has 102 valence electrons. The molecule has 20 heavy (non-hydrogen) atoms. The van der Waals surface area contributed by atoms with Crippen LogP contribution in [0.3, 0.4) is 0 Å². The van der Waals surface area contributed by atoms with Crippen LogP contribution in [0.4, 0.5) is 11.4 Å². The number of aromatic nitrogens is 1. The third kappa shape index (κ3) is 2.16. The van der Waals surface area contributed by atoms with Crippen molar-refractivity contribution in [2.24, 2.45) is 0 Å². The highest BCUT2D eigenvalue weighted by Gasteiger charge is 2.26. The number of carbonyl (C=O) groups is 2. The fraction of sp³-hybridized carbons (Fsp3) is 0.214. The van der Waals surface area contributed by atoms with E-state index in [-0.39, 0.29) is 23.9 Å². The lowest BCUT2D eigenvalue weighted by atomic mass is 10.2. The second kappa shape index (κ2) is 4.80. The number of para-hydroxylation sites is 2. The second-order valence-corrected chi connectivity index (χ2v) is 4.59. The van der Waals surface area contributed by atoms with Crippen LogP contribution in [0.1, 0.15) is 22.7 Å². The molecule has 6 heteroatoms.